The Morgan fingerprint density at radius 3 is 3.04 bits per heavy atom. The fraction of sp³-hybridized carbons (Fsp3) is 0.500. The van der Waals surface area contributed by atoms with E-state index in [2.05, 4.69) is 16.3 Å². The minimum absolute atomic E-state index is 0.190. The van der Waals surface area contributed by atoms with E-state index in [4.69, 9.17) is 4.74 Å². The molecule has 4 rings (SSSR count). The number of ether oxygens (including phenoxy) is 1. The van der Waals surface area contributed by atoms with Crippen molar-refractivity contribution in [1.82, 2.24) is 15.1 Å². The van der Waals surface area contributed by atoms with Crippen molar-refractivity contribution in [2.75, 3.05) is 13.7 Å². The lowest BCUT2D eigenvalue weighted by molar-refractivity contribution is -0.139. The van der Waals surface area contributed by atoms with Crippen LogP contribution in [0, 0.1) is 0 Å². The molecule has 1 unspecified atom stereocenters. The maximum absolute atomic E-state index is 12.7. The summed E-state index contributed by atoms with van der Waals surface area (Å²) >= 11 is 0. The molecular formula is C20H25N3O2. The molecule has 0 saturated carbocycles. The SMILES string of the molecule is COc1cccc(C2CCN2C(=O)CCc2n[nH]c3c2CCCC3)c1. The van der Waals surface area contributed by atoms with Crippen LogP contribution in [0.2, 0.25) is 0 Å². The smallest absolute Gasteiger partial charge is 0.223 e. The van der Waals surface area contributed by atoms with Gasteiger partial charge in [-0.3, -0.25) is 9.89 Å². The summed E-state index contributed by atoms with van der Waals surface area (Å²) in [5.41, 5.74) is 4.91. The number of benzene rings is 1. The van der Waals surface area contributed by atoms with E-state index in [9.17, 15) is 4.79 Å². The highest BCUT2D eigenvalue weighted by Gasteiger charge is 2.33. The quantitative estimate of drug-likeness (QED) is 0.910. The molecule has 1 amide bonds. The zero-order valence-electron chi connectivity index (χ0n) is 14.8. The van der Waals surface area contributed by atoms with E-state index in [0.29, 0.717) is 6.42 Å². The molecule has 2 aliphatic rings. The number of methoxy groups -OCH3 is 1. The van der Waals surface area contributed by atoms with Gasteiger partial charge in [0.25, 0.3) is 0 Å². The average molecular weight is 339 g/mol. The summed E-state index contributed by atoms with van der Waals surface area (Å²) < 4.78 is 5.30. The third kappa shape index (κ3) is 3.15. The average Bonchev–Trinajstić information content (AvgIpc) is 3.02. The van der Waals surface area contributed by atoms with Gasteiger partial charge in [0.2, 0.25) is 5.91 Å². The zero-order chi connectivity index (χ0) is 17.2. The predicted molar refractivity (Wildman–Crippen MR) is 95.6 cm³/mol. The van der Waals surface area contributed by atoms with Gasteiger partial charge >= 0.3 is 0 Å². The largest absolute Gasteiger partial charge is 0.497 e. The Labute approximate surface area is 148 Å². The predicted octanol–water partition coefficient (Wildman–Crippen LogP) is 3.20. The summed E-state index contributed by atoms with van der Waals surface area (Å²) in [6, 6.07) is 8.24. The first-order valence-corrected chi connectivity index (χ1v) is 9.24. The molecule has 0 bridgehead atoms. The van der Waals surface area contributed by atoms with Crippen LogP contribution in [0.1, 0.15) is 54.2 Å². The summed E-state index contributed by atoms with van der Waals surface area (Å²) in [6.45, 7) is 0.847. The molecule has 5 heteroatoms. The van der Waals surface area contributed by atoms with Crippen LogP contribution >= 0.6 is 0 Å². The van der Waals surface area contributed by atoms with Crippen molar-refractivity contribution in [3.63, 3.8) is 0 Å². The van der Waals surface area contributed by atoms with E-state index < -0.39 is 0 Å². The summed E-state index contributed by atoms with van der Waals surface area (Å²) in [4.78, 5) is 14.7. The Kier molecular flexibility index (Phi) is 4.47. The number of nitrogens with one attached hydrogen (secondary N) is 1. The van der Waals surface area contributed by atoms with Crippen molar-refractivity contribution in [2.45, 2.75) is 51.0 Å². The molecule has 2 aromatic rings. The molecule has 132 valence electrons. The minimum atomic E-state index is 0.190. The lowest BCUT2D eigenvalue weighted by Crippen LogP contribution is -2.45. The molecular weight excluding hydrogens is 314 g/mol. The molecule has 0 spiro atoms. The highest BCUT2D eigenvalue weighted by Crippen LogP contribution is 2.35. The van der Waals surface area contributed by atoms with Gasteiger partial charge < -0.3 is 9.64 Å². The van der Waals surface area contributed by atoms with Gasteiger partial charge in [-0.1, -0.05) is 12.1 Å². The lowest BCUT2D eigenvalue weighted by atomic mass is 9.92. The van der Waals surface area contributed by atoms with E-state index in [1.165, 1.54) is 24.1 Å². The number of amides is 1. The summed E-state index contributed by atoms with van der Waals surface area (Å²) in [7, 11) is 1.67. The van der Waals surface area contributed by atoms with Crippen molar-refractivity contribution in [3.8, 4) is 5.75 Å². The van der Waals surface area contributed by atoms with Gasteiger partial charge in [-0.05, 0) is 55.4 Å². The first kappa shape index (κ1) is 16.2. The third-order valence-corrected chi connectivity index (χ3v) is 5.54. The highest BCUT2D eigenvalue weighted by atomic mass is 16.5. The van der Waals surface area contributed by atoms with Gasteiger partial charge in [0, 0.05) is 25.1 Å². The molecule has 1 saturated heterocycles. The molecule has 25 heavy (non-hydrogen) atoms. The van der Waals surface area contributed by atoms with Gasteiger partial charge in [-0.25, -0.2) is 0 Å². The highest BCUT2D eigenvalue weighted by molar-refractivity contribution is 5.78. The van der Waals surface area contributed by atoms with Gasteiger partial charge in [0.15, 0.2) is 0 Å². The standard InChI is InChI=1S/C20H25N3O2/c1-25-15-6-4-5-14(13-15)19-11-12-23(19)20(24)10-9-18-16-7-2-3-8-17(16)21-22-18/h4-6,13,19H,2-3,7-12H2,1H3,(H,21,22). The van der Waals surface area contributed by atoms with Crippen LogP contribution in [0.15, 0.2) is 24.3 Å². The number of aryl methyl sites for hydroxylation is 2. The number of hydrogen-bond donors (Lipinski definition) is 1. The van der Waals surface area contributed by atoms with E-state index in [1.807, 2.05) is 23.1 Å². The molecule has 1 N–H and O–H groups in total. The third-order valence-electron chi connectivity index (χ3n) is 5.54. The minimum Gasteiger partial charge on any atom is -0.497 e. The molecule has 1 aliphatic heterocycles. The van der Waals surface area contributed by atoms with Crippen molar-refractivity contribution in [3.05, 3.63) is 46.8 Å². The van der Waals surface area contributed by atoms with Crippen molar-refractivity contribution >= 4 is 5.91 Å². The number of carbonyl (C=O) groups is 1. The van der Waals surface area contributed by atoms with Gasteiger partial charge in [-0.15, -0.1) is 0 Å². The number of fused-ring (bicyclic) bond motifs is 1. The van der Waals surface area contributed by atoms with Crippen LogP contribution < -0.4 is 4.74 Å². The summed E-state index contributed by atoms with van der Waals surface area (Å²) in [5, 5.41) is 7.63. The first-order chi connectivity index (χ1) is 12.3. The van der Waals surface area contributed by atoms with Crippen molar-refractivity contribution < 1.29 is 9.53 Å². The van der Waals surface area contributed by atoms with Gasteiger partial charge in [0.1, 0.15) is 5.75 Å². The van der Waals surface area contributed by atoms with Crippen LogP contribution in [-0.4, -0.2) is 34.7 Å². The molecule has 1 aliphatic carbocycles. The maximum atomic E-state index is 12.7. The van der Waals surface area contributed by atoms with Gasteiger partial charge in [-0.2, -0.15) is 5.10 Å². The molecule has 1 atom stereocenters. The Morgan fingerprint density at radius 2 is 2.24 bits per heavy atom. The number of nitrogens with zero attached hydrogens (tertiary/aromatic N) is 2. The molecule has 1 aromatic heterocycles. The van der Waals surface area contributed by atoms with E-state index >= 15 is 0 Å². The number of aromatic amines is 1. The second kappa shape index (κ2) is 6.90. The second-order valence-electron chi connectivity index (χ2n) is 7.00. The molecule has 2 heterocycles. The lowest BCUT2D eigenvalue weighted by Gasteiger charge is -2.41. The first-order valence-electron chi connectivity index (χ1n) is 9.24. The number of aromatic nitrogens is 2. The van der Waals surface area contributed by atoms with E-state index in [0.717, 1.165) is 49.2 Å². The fourth-order valence-corrected chi connectivity index (χ4v) is 4.01. The Hall–Kier alpha value is -2.30. The van der Waals surface area contributed by atoms with Crippen LogP contribution in [0.25, 0.3) is 0 Å². The molecule has 1 fully saturated rings. The number of likely N-dealkylation sites (tertiary alicyclic amines) is 1. The topological polar surface area (TPSA) is 58.2 Å². The van der Waals surface area contributed by atoms with Crippen LogP contribution in [-0.2, 0) is 24.1 Å². The van der Waals surface area contributed by atoms with Gasteiger partial charge in [0.05, 0.1) is 18.8 Å². The Balaban J connectivity index is 1.39. The summed E-state index contributed by atoms with van der Waals surface area (Å²) in [5.74, 6) is 1.08. The molecule has 0 radical (unpaired) electrons. The Morgan fingerprint density at radius 1 is 1.36 bits per heavy atom. The van der Waals surface area contributed by atoms with Crippen molar-refractivity contribution in [2.24, 2.45) is 0 Å². The summed E-state index contributed by atoms with van der Waals surface area (Å²) in [6.07, 6.45) is 6.98. The van der Waals surface area contributed by atoms with Crippen LogP contribution in [0.3, 0.4) is 0 Å². The van der Waals surface area contributed by atoms with E-state index in [-0.39, 0.29) is 11.9 Å². The number of rotatable bonds is 5. The van der Waals surface area contributed by atoms with E-state index in [1.54, 1.807) is 7.11 Å². The normalized spacial score (nSPS) is 19.2. The Bertz CT molecular complexity index is 768. The molecule has 1 aromatic carbocycles. The van der Waals surface area contributed by atoms with Crippen LogP contribution in [0.4, 0.5) is 0 Å². The maximum Gasteiger partial charge on any atom is 0.223 e. The number of H-pyrrole nitrogens is 1. The van der Waals surface area contributed by atoms with Crippen LogP contribution in [0.5, 0.6) is 5.75 Å². The van der Waals surface area contributed by atoms with Crippen molar-refractivity contribution in [1.29, 1.82) is 0 Å². The number of carbonyl (C=O) groups excluding carboxylic acids is 1. The fourth-order valence-electron chi connectivity index (χ4n) is 4.01. The number of hydrogen-bond acceptors (Lipinski definition) is 3. The second-order valence-corrected chi connectivity index (χ2v) is 7.00. The monoisotopic (exact) mass is 339 g/mol. The molecule has 5 nitrogen and oxygen atoms in total. The zero-order valence-corrected chi connectivity index (χ0v) is 14.8.